The number of aromatic nitrogens is 2. The maximum absolute atomic E-state index is 5.65. The quantitative estimate of drug-likeness (QED) is 0.547. The molecule has 2 rings (SSSR count). The number of amidine groups is 1. The van der Waals surface area contributed by atoms with Crippen LogP contribution in [0, 0.1) is 0 Å². The number of nitrogens with zero attached hydrogens (tertiary/aromatic N) is 3. The summed E-state index contributed by atoms with van der Waals surface area (Å²) in [5.41, 5.74) is 11.3. The lowest BCUT2D eigenvalue weighted by Gasteiger charge is -2.30. The van der Waals surface area contributed by atoms with Crippen molar-refractivity contribution in [1.82, 2.24) is 15.1 Å². The zero-order chi connectivity index (χ0) is 10.2. The molecule has 1 aromatic heterocycles. The van der Waals surface area contributed by atoms with Gasteiger partial charge in [-0.3, -0.25) is 0 Å². The standard InChI is InChI=1S/C8H12N6/c1-8(14-4-2-3-11-14)12-6(9)5-7(10)13-8/h2-5,12H,9H2,1H3,(H2,10,13). The van der Waals surface area contributed by atoms with Crippen molar-refractivity contribution >= 4 is 5.84 Å². The highest BCUT2D eigenvalue weighted by Crippen LogP contribution is 2.16. The Hall–Kier alpha value is -1.98. The second-order valence-electron chi connectivity index (χ2n) is 3.23. The number of nitrogens with one attached hydrogen (secondary N) is 1. The second-order valence-corrected chi connectivity index (χ2v) is 3.23. The Kier molecular flexibility index (Phi) is 1.70. The number of hydrogen-bond donors (Lipinski definition) is 3. The highest BCUT2D eigenvalue weighted by Gasteiger charge is 2.28. The van der Waals surface area contributed by atoms with E-state index in [4.69, 9.17) is 11.5 Å². The van der Waals surface area contributed by atoms with Crippen LogP contribution in [-0.2, 0) is 5.79 Å². The first kappa shape index (κ1) is 8.61. The molecule has 6 heteroatoms. The van der Waals surface area contributed by atoms with Crippen LogP contribution >= 0.6 is 0 Å². The molecule has 74 valence electrons. The van der Waals surface area contributed by atoms with E-state index in [1.54, 1.807) is 23.2 Å². The van der Waals surface area contributed by atoms with E-state index >= 15 is 0 Å². The van der Waals surface area contributed by atoms with Gasteiger partial charge >= 0.3 is 0 Å². The summed E-state index contributed by atoms with van der Waals surface area (Å²) in [6, 6.07) is 1.81. The van der Waals surface area contributed by atoms with E-state index in [9.17, 15) is 0 Å². The number of aliphatic imine (C=N–C) groups is 1. The third kappa shape index (κ3) is 1.30. The molecule has 5 N–H and O–H groups in total. The number of nitrogens with two attached hydrogens (primary N) is 2. The van der Waals surface area contributed by atoms with Crippen LogP contribution in [0.3, 0.4) is 0 Å². The van der Waals surface area contributed by atoms with E-state index in [2.05, 4.69) is 15.4 Å². The lowest BCUT2D eigenvalue weighted by atomic mass is 10.3. The van der Waals surface area contributed by atoms with Gasteiger partial charge in [-0.2, -0.15) is 5.10 Å². The Labute approximate surface area is 81.3 Å². The van der Waals surface area contributed by atoms with Gasteiger partial charge in [0.2, 0.25) is 5.79 Å². The summed E-state index contributed by atoms with van der Waals surface area (Å²) < 4.78 is 1.65. The molecule has 1 aliphatic rings. The topological polar surface area (TPSA) is 94.2 Å². The molecule has 2 heterocycles. The van der Waals surface area contributed by atoms with E-state index in [1.165, 1.54) is 0 Å². The van der Waals surface area contributed by atoms with E-state index in [1.807, 2.05) is 13.0 Å². The molecule has 0 bridgehead atoms. The first-order valence-corrected chi connectivity index (χ1v) is 4.21. The molecule has 6 nitrogen and oxygen atoms in total. The van der Waals surface area contributed by atoms with Crippen LogP contribution in [0.5, 0.6) is 0 Å². The molecule has 0 aromatic carbocycles. The van der Waals surface area contributed by atoms with Crippen molar-refractivity contribution in [3.8, 4) is 0 Å². The third-order valence-corrected chi connectivity index (χ3v) is 1.98. The predicted octanol–water partition coefficient (Wildman–Crippen LogP) is -0.726. The summed E-state index contributed by atoms with van der Waals surface area (Å²) in [4.78, 5) is 4.23. The van der Waals surface area contributed by atoms with Crippen LogP contribution < -0.4 is 16.8 Å². The first-order valence-electron chi connectivity index (χ1n) is 4.21. The molecule has 1 aliphatic heterocycles. The fourth-order valence-corrected chi connectivity index (χ4v) is 1.42. The summed E-state index contributed by atoms with van der Waals surface area (Å²) in [6.45, 7) is 1.84. The Bertz CT molecular complexity index is 390. The molecule has 0 saturated heterocycles. The number of rotatable bonds is 1. The lowest BCUT2D eigenvalue weighted by molar-refractivity contribution is 0.249. The SMILES string of the molecule is CC1(n2cccn2)N=C(N)C=C(N)N1. The van der Waals surface area contributed by atoms with Crippen molar-refractivity contribution in [1.29, 1.82) is 0 Å². The molecule has 0 aliphatic carbocycles. The molecule has 0 spiro atoms. The fourth-order valence-electron chi connectivity index (χ4n) is 1.42. The highest BCUT2D eigenvalue weighted by atomic mass is 15.5. The zero-order valence-corrected chi connectivity index (χ0v) is 7.81. The van der Waals surface area contributed by atoms with Crippen molar-refractivity contribution in [2.75, 3.05) is 0 Å². The maximum atomic E-state index is 5.65. The molecule has 0 fully saturated rings. The van der Waals surface area contributed by atoms with Gasteiger partial charge in [-0.25, -0.2) is 9.67 Å². The van der Waals surface area contributed by atoms with Crippen molar-refractivity contribution < 1.29 is 0 Å². The molecular formula is C8H12N6. The van der Waals surface area contributed by atoms with Gasteiger partial charge in [-0.1, -0.05) is 0 Å². The Morgan fingerprint density at radius 1 is 1.50 bits per heavy atom. The van der Waals surface area contributed by atoms with Crippen LogP contribution in [0.2, 0.25) is 0 Å². The van der Waals surface area contributed by atoms with Gasteiger partial charge in [-0.05, 0) is 6.07 Å². The predicted molar refractivity (Wildman–Crippen MR) is 52.9 cm³/mol. The lowest BCUT2D eigenvalue weighted by Crippen LogP contribution is -2.49. The van der Waals surface area contributed by atoms with Gasteiger partial charge in [0.15, 0.2) is 0 Å². The molecular weight excluding hydrogens is 180 g/mol. The van der Waals surface area contributed by atoms with Crippen molar-refractivity contribution in [3.63, 3.8) is 0 Å². The first-order chi connectivity index (χ1) is 6.60. The minimum absolute atomic E-state index is 0.388. The summed E-state index contributed by atoms with van der Waals surface area (Å²) in [7, 11) is 0. The number of hydrogen-bond acceptors (Lipinski definition) is 5. The van der Waals surface area contributed by atoms with Crippen LogP contribution in [0.25, 0.3) is 0 Å². The maximum Gasteiger partial charge on any atom is 0.226 e. The van der Waals surface area contributed by atoms with E-state index < -0.39 is 5.79 Å². The van der Waals surface area contributed by atoms with Gasteiger partial charge in [0.05, 0.1) is 0 Å². The van der Waals surface area contributed by atoms with E-state index in [0.29, 0.717) is 11.7 Å². The van der Waals surface area contributed by atoms with Crippen LogP contribution in [0.1, 0.15) is 6.92 Å². The molecule has 0 radical (unpaired) electrons. The second kappa shape index (κ2) is 2.76. The summed E-state index contributed by atoms with van der Waals surface area (Å²) >= 11 is 0. The molecule has 0 amide bonds. The Morgan fingerprint density at radius 2 is 2.29 bits per heavy atom. The molecule has 1 atom stereocenters. The van der Waals surface area contributed by atoms with Crippen molar-refractivity contribution in [2.24, 2.45) is 16.5 Å². The molecule has 1 aromatic rings. The van der Waals surface area contributed by atoms with Crippen molar-refractivity contribution in [2.45, 2.75) is 12.7 Å². The van der Waals surface area contributed by atoms with Gasteiger partial charge in [0.1, 0.15) is 11.7 Å². The summed E-state index contributed by atoms with van der Waals surface area (Å²) in [5, 5.41) is 7.09. The van der Waals surface area contributed by atoms with Crippen LogP contribution in [0.4, 0.5) is 0 Å². The van der Waals surface area contributed by atoms with Crippen molar-refractivity contribution in [3.05, 3.63) is 30.4 Å². The normalized spacial score (nSPS) is 26.4. The average molecular weight is 192 g/mol. The zero-order valence-electron chi connectivity index (χ0n) is 7.81. The average Bonchev–Trinajstić information content (AvgIpc) is 2.52. The Morgan fingerprint density at radius 3 is 2.86 bits per heavy atom. The highest BCUT2D eigenvalue weighted by molar-refractivity contribution is 5.92. The molecule has 14 heavy (non-hydrogen) atoms. The summed E-state index contributed by atoms with van der Waals surface area (Å²) in [5.74, 6) is 0.140. The fraction of sp³-hybridized carbons (Fsp3) is 0.250. The molecule has 0 saturated carbocycles. The smallest absolute Gasteiger partial charge is 0.226 e. The monoisotopic (exact) mass is 192 g/mol. The van der Waals surface area contributed by atoms with Crippen LogP contribution in [0.15, 0.2) is 35.3 Å². The largest absolute Gasteiger partial charge is 0.385 e. The Balaban J connectivity index is 2.40. The van der Waals surface area contributed by atoms with Gasteiger partial charge < -0.3 is 16.8 Å². The van der Waals surface area contributed by atoms with Gasteiger partial charge in [0.25, 0.3) is 0 Å². The minimum atomic E-state index is -0.730. The third-order valence-electron chi connectivity index (χ3n) is 1.98. The van der Waals surface area contributed by atoms with E-state index in [0.717, 1.165) is 0 Å². The van der Waals surface area contributed by atoms with Crippen LogP contribution in [-0.4, -0.2) is 15.6 Å². The summed E-state index contributed by atoms with van der Waals surface area (Å²) in [6.07, 6.45) is 5.04. The van der Waals surface area contributed by atoms with Gasteiger partial charge in [-0.15, -0.1) is 0 Å². The van der Waals surface area contributed by atoms with E-state index in [-0.39, 0.29) is 0 Å². The van der Waals surface area contributed by atoms with Gasteiger partial charge in [0, 0.05) is 25.4 Å². The minimum Gasteiger partial charge on any atom is -0.385 e. The molecule has 1 unspecified atom stereocenters.